The van der Waals surface area contributed by atoms with E-state index in [2.05, 4.69) is 59.8 Å². The Bertz CT molecular complexity index is 813. The lowest BCUT2D eigenvalue weighted by Crippen LogP contribution is -2.27. The maximum absolute atomic E-state index is 2.62. The molecule has 4 rings (SSSR count). The zero-order valence-corrected chi connectivity index (χ0v) is 14.8. The Morgan fingerprint density at radius 1 is 1.17 bits per heavy atom. The Labute approximate surface area is 142 Å². The fraction of sp³-hybridized carbons (Fsp3) is 0.400. The van der Waals surface area contributed by atoms with E-state index in [0.29, 0.717) is 0 Å². The maximum atomic E-state index is 2.62. The minimum atomic E-state index is 1.11. The third kappa shape index (κ3) is 2.84. The fourth-order valence-corrected chi connectivity index (χ4v) is 4.86. The Balaban J connectivity index is 1.61. The molecule has 2 aromatic heterocycles. The van der Waals surface area contributed by atoms with Crippen LogP contribution in [0.5, 0.6) is 0 Å². The van der Waals surface area contributed by atoms with E-state index in [1.54, 1.807) is 11.3 Å². The van der Waals surface area contributed by atoms with Gasteiger partial charge in [0, 0.05) is 42.2 Å². The van der Waals surface area contributed by atoms with Crippen molar-refractivity contribution in [3.8, 4) is 0 Å². The first kappa shape index (κ1) is 15.0. The van der Waals surface area contributed by atoms with Crippen molar-refractivity contribution in [3.05, 3.63) is 58.1 Å². The molecule has 0 fully saturated rings. The highest BCUT2D eigenvalue weighted by Crippen LogP contribution is 2.36. The topological polar surface area (TPSA) is 8.17 Å². The van der Waals surface area contributed by atoms with Crippen molar-refractivity contribution in [1.82, 2.24) is 9.47 Å². The van der Waals surface area contributed by atoms with E-state index in [-0.39, 0.29) is 0 Å². The lowest BCUT2D eigenvalue weighted by Gasteiger charge is -2.24. The van der Waals surface area contributed by atoms with Gasteiger partial charge in [0.1, 0.15) is 0 Å². The monoisotopic (exact) mass is 324 g/mol. The van der Waals surface area contributed by atoms with Crippen LogP contribution in [-0.2, 0) is 25.9 Å². The summed E-state index contributed by atoms with van der Waals surface area (Å²) in [4.78, 5) is 3.88. The van der Waals surface area contributed by atoms with Gasteiger partial charge in [-0.05, 0) is 38.4 Å². The summed E-state index contributed by atoms with van der Waals surface area (Å²) in [7, 11) is 2.24. The Morgan fingerprint density at radius 2 is 2.00 bits per heavy atom. The van der Waals surface area contributed by atoms with Crippen molar-refractivity contribution in [1.29, 1.82) is 0 Å². The van der Waals surface area contributed by atoms with Crippen molar-refractivity contribution < 1.29 is 0 Å². The second kappa shape index (κ2) is 6.14. The van der Waals surface area contributed by atoms with E-state index < -0.39 is 0 Å². The number of nitrogens with zero attached hydrogens (tertiary/aromatic N) is 2. The summed E-state index contributed by atoms with van der Waals surface area (Å²) >= 11 is 1.97. The summed E-state index contributed by atoms with van der Waals surface area (Å²) in [6.45, 7) is 5.66. The second-order valence-corrected chi connectivity index (χ2v) is 7.98. The van der Waals surface area contributed by atoms with E-state index in [1.807, 2.05) is 11.3 Å². The molecule has 3 heteroatoms. The summed E-state index contributed by atoms with van der Waals surface area (Å²) in [5.74, 6) is 0. The molecular formula is C20H24N2S. The van der Waals surface area contributed by atoms with Crippen LogP contribution in [-0.4, -0.2) is 23.1 Å². The minimum Gasteiger partial charge on any atom is -0.343 e. The summed E-state index contributed by atoms with van der Waals surface area (Å²) in [6.07, 6.45) is 3.57. The molecule has 2 nitrogen and oxygen atoms in total. The van der Waals surface area contributed by atoms with Gasteiger partial charge in [-0.2, -0.15) is 0 Å². The molecule has 120 valence electrons. The van der Waals surface area contributed by atoms with Gasteiger partial charge in [0.25, 0.3) is 0 Å². The molecule has 0 unspecified atom stereocenters. The van der Waals surface area contributed by atoms with Gasteiger partial charge in [0.15, 0.2) is 0 Å². The van der Waals surface area contributed by atoms with E-state index in [0.717, 1.165) is 19.5 Å². The number of aryl methyl sites for hydroxylation is 3. The molecule has 0 saturated carbocycles. The van der Waals surface area contributed by atoms with Crippen molar-refractivity contribution >= 4 is 21.6 Å². The minimum absolute atomic E-state index is 1.11. The van der Waals surface area contributed by atoms with Gasteiger partial charge >= 0.3 is 0 Å². The molecule has 3 heterocycles. The number of hydrogen-bond donors (Lipinski definition) is 0. The van der Waals surface area contributed by atoms with E-state index in [9.17, 15) is 0 Å². The molecule has 1 aliphatic heterocycles. The molecule has 3 aromatic rings. The van der Waals surface area contributed by atoms with Gasteiger partial charge in [0.2, 0.25) is 0 Å². The highest BCUT2D eigenvalue weighted by Gasteiger charge is 2.23. The molecule has 0 N–H and O–H groups in total. The second-order valence-electron chi connectivity index (χ2n) is 6.73. The van der Waals surface area contributed by atoms with Crippen LogP contribution in [0.1, 0.15) is 28.1 Å². The molecule has 0 saturated heterocycles. The number of benzene rings is 1. The number of likely N-dealkylation sites (N-methyl/N-ethyl adjacent to an activating group) is 1. The molecule has 23 heavy (non-hydrogen) atoms. The fourth-order valence-electron chi connectivity index (χ4n) is 3.79. The largest absolute Gasteiger partial charge is 0.343 e. The summed E-state index contributed by atoms with van der Waals surface area (Å²) in [5.41, 5.74) is 6.11. The Kier molecular flexibility index (Phi) is 4.00. The van der Waals surface area contributed by atoms with Crippen LogP contribution in [0.3, 0.4) is 0 Å². The van der Waals surface area contributed by atoms with Gasteiger partial charge in [0.05, 0.1) is 10.2 Å². The average Bonchev–Trinajstić information content (AvgIpc) is 3.05. The summed E-state index contributed by atoms with van der Waals surface area (Å²) in [6, 6.07) is 13.3. The van der Waals surface area contributed by atoms with Crippen LogP contribution in [0.15, 0.2) is 36.4 Å². The predicted molar refractivity (Wildman–Crippen MR) is 99.4 cm³/mol. The maximum Gasteiger partial charge on any atom is 0.0598 e. The Morgan fingerprint density at radius 3 is 2.83 bits per heavy atom. The van der Waals surface area contributed by atoms with Crippen molar-refractivity contribution in [3.63, 3.8) is 0 Å². The van der Waals surface area contributed by atoms with Crippen molar-refractivity contribution in [2.45, 2.75) is 39.3 Å². The number of thiophene rings is 1. The summed E-state index contributed by atoms with van der Waals surface area (Å²) < 4.78 is 4.15. The smallest absolute Gasteiger partial charge is 0.0598 e. The van der Waals surface area contributed by atoms with Crippen LogP contribution in [0.4, 0.5) is 0 Å². The quantitative estimate of drug-likeness (QED) is 0.679. The third-order valence-corrected chi connectivity index (χ3v) is 6.02. The zero-order valence-electron chi connectivity index (χ0n) is 14.0. The average molecular weight is 324 g/mol. The standard InChI is InChI=1S/C20H24N2S/c1-15-13-19-20(23-15)17-14-21(2)12-10-18(17)22(19)11-6-9-16-7-4-3-5-8-16/h3-5,7-8,13H,6,9-12,14H2,1-2H3. The van der Waals surface area contributed by atoms with Gasteiger partial charge in [-0.15, -0.1) is 11.3 Å². The van der Waals surface area contributed by atoms with Crippen molar-refractivity contribution in [2.75, 3.05) is 13.6 Å². The third-order valence-electron chi connectivity index (χ3n) is 4.92. The molecule has 1 aromatic carbocycles. The molecule has 1 aliphatic rings. The van der Waals surface area contributed by atoms with Gasteiger partial charge in [-0.25, -0.2) is 0 Å². The van der Waals surface area contributed by atoms with E-state index in [4.69, 9.17) is 0 Å². The Hall–Kier alpha value is -1.58. The van der Waals surface area contributed by atoms with Crippen LogP contribution in [0.25, 0.3) is 10.2 Å². The number of rotatable bonds is 4. The van der Waals surface area contributed by atoms with E-state index in [1.165, 1.54) is 40.0 Å². The van der Waals surface area contributed by atoms with Gasteiger partial charge in [-0.3, -0.25) is 0 Å². The van der Waals surface area contributed by atoms with Crippen LogP contribution < -0.4 is 0 Å². The predicted octanol–water partition coefficient (Wildman–Crippen LogP) is 4.63. The number of aromatic nitrogens is 1. The molecule has 0 atom stereocenters. The van der Waals surface area contributed by atoms with Crippen molar-refractivity contribution in [2.24, 2.45) is 0 Å². The van der Waals surface area contributed by atoms with Crippen LogP contribution in [0.2, 0.25) is 0 Å². The molecular weight excluding hydrogens is 300 g/mol. The first-order valence-corrected chi connectivity index (χ1v) is 9.37. The van der Waals surface area contributed by atoms with Gasteiger partial charge in [-0.1, -0.05) is 30.3 Å². The SMILES string of the molecule is Cc1cc2c(s1)c1c(n2CCCc2ccccc2)CCN(C)C1. The van der Waals surface area contributed by atoms with Crippen LogP contribution in [0, 0.1) is 6.92 Å². The molecule has 0 aliphatic carbocycles. The summed E-state index contributed by atoms with van der Waals surface area (Å²) in [5, 5.41) is 0. The first-order chi connectivity index (χ1) is 11.2. The highest BCUT2D eigenvalue weighted by molar-refractivity contribution is 7.19. The molecule has 0 amide bonds. The highest BCUT2D eigenvalue weighted by atomic mass is 32.1. The van der Waals surface area contributed by atoms with E-state index >= 15 is 0 Å². The lowest BCUT2D eigenvalue weighted by molar-refractivity contribution is 0.309. The first-order valence-electron chi connectivity index (χ1n) is 8.55. The molecule has 0 bridgehead atoms. The molecule has 0 spiro atoms. The van der Waals surface area contributed by atoms with Crippen LogP contribution >= 0.6 is 11.3 Å². The lowest BCUT2D eigenvalue weighted by atomic mass is 10.1. The molecule has 0 radical (unpaired) electrons. The zero-order chi connectivity index (χ0) is 15.8. The normalized spacial score (nSPS) is 15.2. The number of fused-ring (bicyclic) bond motifs is 3. The number of hydrogen-bond acceptors (Lipinski definition) is 2. The van der Waals surface area contributed by atoms with Gasteiger partial charge < -0.3 is 9.47 Å².